The average molecular weight is 417 g/mol. The highest BCUT2D eigenvalue weighted by molar-refractivity contribution is 7.89. The topological polar surface area (TPSA) is 112 Å². The van der Waals surface area contributed by atoms with Crippen molar-refractivity contribution < 1.29 is 13.2 Å². The molecule has 154 valence electrons. The Bertz CT molecular complexity index is 1110. The van der Waals surface area contributed by atoms with Crippen LogP contribution in [0, 0.1) is 0 Å². The number of aromatic amines is 1. The fraction of sp³-hybridized carbons (Fsp3) is 0.421. The van der Waals surface area contributed by atoms with Crippen molar-refractivity contribution >= 4 is 21.6 Å². The molecule has 1 fully saturated rings. The highest BCUT2D eigenvalue weighted by Crippen LogP contribution is 2.22. The number of hydrogen-bond donors (Lipinski definition) is 2. The Hall–Kier alpha value is -2.72. The number of likely N-dealkylation sites (tertiary alicyclic amines) is 1. The maximum Gasteiger partial charge on any atom is 0.270 e. The lowest BCUT2D eigenvalue weighted by atomic mass is 10.2. The number of fused-ring (bicyclic) bond motifs is 1. The van der Waals surface area contributed by atoms with E-state index in [9.17, 15) is 13.2 Å². The molecule has 0 saturated carbocycles. The Kier molecular flexibility index (Phi) is 5.37. The third kappa shape index (κ3) is 3.90. The molecule has 0 unspecified atom stereocenters. The van der Waals surface area contributed by atoms with Gasteiger partial charge in [0.2, 0.25) is 10.0 Å². The molecule has 4 heterocycles. The van der Waals surface area contributed by atoms with Crippen LogP contribution in [0.4, 0.5) is 0 Å². The van der Waals surface area contributed by atoms with Gasteiger partial charge < -0.3 is 9.88 Å². The van der Waals surface area contributed by atoms with Crippen LogP contribution in [0.2, 0.25) is 0 Å². The van der Waals surface area contributed by atoms with Gasteiger partial charge in [-0.1, -0.05) is 19.4 Å². The van der Waals surface area contributed by atoms with Crippen molar-refractivity contribution in [3.05, 3.63) is 48.2 Å². The van der Waals surface area contributed by atoms with Crippen molar-refractivity contribution in [2.45, 2.75) is 43.5 Å². The summed E-state index contributed by atoms with van der Waals surface area (Å²) in [5.41, 5.74) is 0.940. The first-order chi connectivity index (χ1) is 14.0. The minimum Gasteiger partial charge on any atom is -0.356 e. The van der Waals surface area contributed by atoms with Crippen molar-refractivity contribution in [1.82, 2.24) is 29.2 Å². The van der Waals surface area contributed by atoms with Gasteiger partial charge in [-0.3, -0.25) is 9.20 Å². The molecule has 4 rings (SSSR count). The van der Waals surface area contributed by atoms with Crippen LogP contribution < -0.4 is 4.72 Å². The van der Waals surface area contributed by atoms with Crippen LogP contribution >= 0.6 is 0 Å². The standard InChI is InChI=1S/C19H24N6O3S/c1-2-7-15(18-22-21-17-8-3-4-11-25(17)18)23-29(27,28)14-12-16(20-13-14)19(26)24-9-5-6-10-24/h3-4,8,11-13,15,20,23H,2,5-7,9-10H2,1H3/t15-/m1/s1. The molecular formula is C19H24N6O3S. The summed E-state index contributed by atoms with van der Waals surface area (Å²) in [5, 5.41) is 8.31. The maximum atomic E-state index is 13.0. The van der Waals surface area contributed by atoms with Gasteiger partial charge >= 0.3 is 0 Å². The number of hydrogen-bond acceptors (Lipinski definition) is 5. The monoisotopic (exact) mass is 416 g/mol. The smallest absolute Gasteiger partial charge is 0.270 e. The lowest BCUT2D eigenvalue weighted by molar-refractivity contribution is 0.0787. The number of nitrogens with one attached hydrogen (secondary N) is 2. The van der Waals surface area contributed by atoms with Gasteiger partial charge in [0.05, 0.1) is 6.04 Å². The van der Waals surface area contributed by atoms with E-state index in [1.165, 1.54) is 12.3 Å². The van der Waals surface area contributed by atoms with Gasteiger partial charge in [0, 0.05) is 25.5 Å². The van der Waals surface area contributed by atoms with Crippen LogP contribution in [0.5, 0.6) is 0 Å². The first-order valence-corrected chi connectivity index (χ1v) is 11.3. The molecule has 0 aliphatic carbocycles. The zero-order chi connectivity index (χ0) is 20.4. The summed E-state index contributed by atoms with van der Waals surface area (Å²) >= 11 is 0. The molecule has 10 heteroatoms. The minimum atomic E-state index is -3.85. The Morgan fingerprint density at radius 1 is 1.28 bits per heavy atom. The first kappa shape index (κ1) is 19.6. The highest BCUT2D eigenvalue weighted by atomic mass is 32.2. The lowest BCUT2D eigenvalue weighted by Gasteiger charge is -2.16. The molecule has 0 aromatic carbocycles. The number of pyridine rings is 1. The van der Waals surface area contributed by atoms with Gasteiger partial charge in [-0.15, -0.1) is 10.2 Å². The van der Waals surface area contributed by atoms with Crippen LogP contribution in [0.1, 0.15) is 55.0 Å². The van der Waals surface area contributed by atoms with Crippen molar-refractivity contribution in [1.29, 1.82) is 0 Å². The largest absolute Gasteiger partial charge is 0.356 e. The number of sulfonamides is 1. The molecule has 0 spiro atoms. The van der Waals surface area contributed by atoms with Crippen LogP contribution in [0.15, 0.2) is 41.6 Å². The second-order valence-electron chi connectivity index (χ2n) is 7.20. The van der Waals surface area contributed by atoms with E-state index >= 15 is 0 Å². The maximum absolute atomic E-state index is 13.0. The first-order valence-electron chi connectivity index (χ1n) is 9.79. The molecule has 1 amide bonds. The fourth-order valence-electron chi connectivity index (χ4n) is 3.63. The number of carbonyl (C=O) groups excluding carboxylic acids is 1. The molecule has 2 N–H and O–H groups in total. The van der Waals surface area contributed by atoms with Gasteiger partial charge in [-0.2, -0.15) is 0 Å². The molecule has 0 radical (unpaired) electrons. The Morgan fingerprint density at radius 2 is 2.07 bits per heavy atom. The van der Waals surface area contributed by atoms with Crippen molar-refractivity contribution in [3.63, 3.8) is 0 Å². The molecule has 1 aliphatic heterocycles. The van der Waals surface area contributed by atoms with Gasteiger partial charge in [-0.05, 0) is 37.5 Å². The average Bonchev–Trinajstić information content (AvgIpc) is 3.47. The predicted octanol–water partition coefficient (Wildman–Crippen LogP) is 2.11. The third-order valence-corrected chi connectivity index (χ3v) is 6.57. The van der Waals surface area contributed by atoms with E-state index in [-0.39, 0.29) is 16.5 Å². The van der Waals surface area contributed by atoms with Crippen molar-refractivity contribution in [2.24, 2.45) is 0 Å². The Balaban J connectivity index is 1.58. The van der Waals surface area contributed by atoms with Gasteiger partial charge in [-0.25, -0.2) is 13.1 Å². The summed E-state index contributed by atoms with van der Waals surface area (Å²) in [5.74, 6) is 0.368. The van der Waals surface area contributed by atoms with Crippen molar-refractivity contribution in [2.75, 3.05) is 13.1 Å². The van der Waals surface area contributed by atoms with Crippen LogP contribution in [-0.2, 0) is 10.0 Å². The number of amides is 1. The minimum absolute atomic E-state index is 0.0370. The van der Waals surface area contributed by atoms with Crippen molar-refractivity contribution in [3.8, 4) is 0 Å². The van der Waals surface area contributed by atoms with Crippen LogP contribution in [0.3, 0.4) is 0 Å². The van der Waals surface area contributed by atoms with E-state index < -0.39 is 16.1 Å². The van der Waals surface area contributed by atoms with E-state index in [2.05, 4.69) is 19.9 Å². The van der Waals surface area contributed by atoms with E-state index in [0.717, 1.165) is 19.3 Å². The van der Waals surface area contributed by atoms with Gasteiger partial charge in [0.1, 0.15) is 10.6 Å². The molecule has 3 aromatic rings. The zero-order valence-corrected chi connectivity index (χ0v) is 17.0. The van der Waals surface area contributed by atoms with Gasteiger partial charge in [0.25, 0.3) is 5.91 Å². The molecule has 29 heavy (non-hydrogen) atoms. The molecule has 1 saturated heterocycles. The van der Waals surface area contributed by atoms with Crippen LogP contribution in [-0.4, -0.2) is 51.9 Å². The normalized spacial score (nSPS) is 15.8. The Morgan fingerprint density at radius 3 is 2.83 bits per heavy atom. The summed E-state index contributed by atoms with van der Waals surface area (Å²) in [6, 6.07) is 6.38. The zero-order valence-electron chi connectivity index (χ0n) is 16.2. The summed E-state index contributed by atoms with van der Waals surface area (Å²) in [6.45, 7) is 3.39. The lowest BCUT2D eigenvalue weighted by Crippen LogP contribution is -2.30. The van der Waals surface area contributed by atoms with Crippen LogP contribution in [0.25, 0.3) is 5.65 Å². The number of rotatable bonds is 7. The molecule has 1 aliphatic rings. The molecular weight excluding hydrogens is 392 g/mol. The molecule has 9 nitrogen and oxygen atoms in total. The summed E-state index contributed by atoms with van der Waals surface area (Å²) in [4.78, 5) is 17.1. The number of nitrogens with zero attached hydrogens (tertiary/aromatic N) is 4. The van der Waals surface area contributed by atoms with E-state index in [1.54, 1.807) is 9.30 Å². The van der Waals surface area contributed by atoms with E-state index in [0.29, 0.717) is 31.0 Å². The van der Waals surface area contributed by atoms with Gasteiger partial charge in [0.15, 0.2) is 11.5 Å². The quantitative estimate of drug-likeness (QED) is 0.613. The summed E-state index contributed by atoms with van der Waals surface area (Å²) in [6.07, 6.45) is 6.45. The molecule has 0 bridgehead atoms. The number of aromatic nitrogens is 4. The molecule has 1 atom stereocenters. The summed E-state index contributed by atoms with van der Waals surface area (Å²) < 4.78 is 30.5. The SMILES string of the molecule is CCC[C@@H](NS(=O)(=O)c1c[nH]c(C(=O)N2CCCC2)c1)c1nnc2ccccn12. The molecule has 3 aromatic heterocycles. The number of carbonyl (C=O) groups is 1. The summed E-state index contributed by atoms with van der Waals surface area (Å²) in [7, 11) is -3.85. The Labute approximate surface area is 169 Å². The van der Waals surface area contributed by atoms with E-state index in [1.807, 2.05) is 31.3 Å². The highest BCUT2D eigenvalue weighted by Gasteiger charge is 2.27. The fourth-order valence-corrected chi connectivity index (χ4v) is 4.85. The van der Waals surface area contributed by atoms with E-state index in [4.69, 9.17) is 0 Å². The predicted molar refractivity (Wildman–Crippen MR) is 107 cm³/mol. The number of H-pyrrole nitrogens is 1. The third-order valence-electron chi connectivity index (χ3n) is 5.12. The second-order valence-corrected chi connectivity index (χ2v) is 8.91. The second kappa shape index (κ2) is 7.96.